The molecular weight excluding hydrogens is 234 g/mol. The Morgan fingerprint density at radius 2 is 2.12 bits per heavy atom. The Hall–Kier alpha value is -1.62. The molecule has 0 bridgehead atoms. The molecule has 0 unspecified atom stereocenters. The number of fused-ring (bicyclic) bond motifs is 1. The summed E-state index contributed by atoms with van der Waals surface area (Å²) in [6.45, 7) is 5.52. The minimum absolute atomic E-state index is 0.406. The van der Waals surface area contributed by atoms with Crippen LogP contribution in [0.5, 0.6) is 0 Å². The van der Waals surface area contributed by atoms with Gasteiger partial charge in [-0.3, -0.25) is 4.79 Å². The maximum absolute atomic E-state index is 11.5. The Kier molecular flexibility index (Phi) is 2.58. The third-order valence-electron chi connectivity index (χ3n) is 3.09. The van der Waals surface area contributed by atoms with Gasteiger partial charge in [-0.25, -0.2) is 0 Å². The van der Waals surface area contributed by atoms with Gasteiger partial charge in [0.25, 0.3) is 0 Å². The average molecular weight is 249 g/mol. The van der Waals surface area contributed by atoms with E-state index in [-0.39, 0.29) is 0 Å². The molecule has 0 fully saturated rings. The molecule has 17 heavy (non-hydrogen) atoms. The number of imidazole rings is 1. The van der Waals surface area contributed by atoms with E-state index in [1.807, 2.05) is 25.1 Å². The van der Waals surface area contributed by atoms with Gasteiger partial charge in [-0.15, -0.1) is 0 Å². The highest BCUT2D eigenvalue weighted by molar-refractivity contribution is 7.71. The molecule has 2 aromatic rings. The van der Waals surface area contributed by atoms with Crippen molar-refractivity contribution >= 4 is 29.2 Å². The van der Waals surface area contributed by atoms with Crippen LogP contribution in [0.1, 0.15) is 19.4 Å². The van der Waals surface area contributed by atoms with Crippen molar-refractivity contribution in [1.29, 1.82) is 0 Å². The van der Waals surface area contributed by atoms with E-state index in [2.05, 4.69) is 4.98 Å². The Morgan fingerprint density at radius 3 is 2.71 bits per heavy atom. The van der Waals surface area contributed by atoms with Crippen molar-refractivity contribution in [3.8, 4) is 0 Å². The lowest BCUT2D eigenvalue weighted by Crippen LogP contribution is -2.41. The van der Waals surface area contributed by atoms with Crippen molar-refractivity contribution in [2.75, 3.05) is 0 Å². The fourth-order valence-corrected chi connectivity index (χ4v) is 2.37. The predicted molar refractivity (Wildman–Crippen MR) is 70.4 cm³/mol. The SMILES string of the molecule is Cc1cccc2c1[nH]c(=S)n2C(C)(C)C(N)=O. The first-order valence-electron chi connectivity index (χ1n) is 5.36. The molecule has 0 saturated heterocycles. The monoisotopic (exact) mass is 249 g/mol. The van der Waals surface area contributed by atoms with E-state index >= 15 is 0 Å². The molecule has 2 rings (SSSR count). The van der Waals surface area contributed by atoms with Crippen molar-refractivity contribution in [2.24, 2.45) is 5.73 Å². The quantitative estimate of drug-likeness (QED) is 0.802. The average Bonchev–Trinajstić information content (AvgIpc) is 2.56. The summed E-state index contributed by atoms with van der Waals surface area (Å²) in [5, 5.41) is 0. The summed E-state index contributed by atoms with van der Waals surface area (Å²) in [5.41, 5.74) is 7.54. The molecule has 1 amide bonds. The maximum atomic E-state index is 11.5. The van der Waals surface area contributed by atoms with E-state index < -0.39 is 11.4 Å². The molecule has 90 valence electrons. The number of aromatic nitrogens is 2. The van der Waals surface area contributed by atoms with E-state index in [4.69, 9.17) is 18.0 Å². The molecule has 1 aromatic heterocycles. The first kappa shape index (κ1) is 11.9. The van der Waals surface area contributed by atoms with Gasteiger partial charge in [0.15, 0.2) is 4.77 Å². The number of hydrogen-bond donors (Lipinski definition) is 2. The zero-order chi connectivity index (χ0) is 12.8. The Bertz CT molecular complexity index is 651. The minimum Gasteiger partial charge on any atom is -0.368 e. The van der Waals surface area contributed by atoms with Crippen LogP contribution in [-0.4, -0.2) is 15.5 Å². The van der Waals surface area contributed by atoms with E-state index in [0.29, 0.717) is 4.77 Å². The topological polar surface area (TPSA) is 63.8 Å². The van der Waals surface area contributed by atoms with Gasteiger partial charge in [-0.2, -0.15) is 0 Å². The number of hydrogen-bond acceptors (Lipinski definition) is 2. The van der Waals surface area contributed by atoms with Gasteiger partial charge in [0.1, 0.15) is 5.54 Å². The number of carbonyl (C=O) groups is 1. The number of primary amides is 1. The van der Waals surface area contributed by atoms with Crippen LogP contribution in [0.25, 0.3) is 11.0 Å². The van der Waals surface area contributed by atoms with Gasteiger partial charge >= 0.3 is 0 Å². The summed E-state index contributed by atoms with van der Waals surface area (Å²) in [6.07, 6.45) is 0. The van der Waals surface area contributed by atoms with Crippen LogP contribution in [0.2, 0.25) is 0 Å². The van der Waals surface area contributed by atoms with Gasteiger partial charge in [0.05, 0.1) is 11.0 Å². The molecule has 1 aromatic carbocycles. The second kappa shape index (κ2) is 3.70. The molecule has 0 saturated carbocycles. The second-order valence-corrected chi connectivity index (χ2v) is 5.04. The summed E-state index contributed by atoms with van der Waals surface area (Å²) in [6, 6.07) is 5.86. The fraction of sp³-hybridized carbons (Fsp3) is 0.333. The van der Waals surface area contributed by atoms with Crippen LogP contribution >= 0.6 is 12.2 Å². The minimum atomic E-state index is -0.844. The smallest absolute Gasteiger partial charge is 0.243 e. The Balaban J connectivity index is 2.88. The molecule has 0 aliphatic rings. The number of nitrogens with two attached hydrogens (primary N) is 1. The molecule has 4 nitrogen and oxygen atoms in total. The number of rotatable bonds is 2. The summed E-state index contributed by atoms with van der Waals surface area (Å²) in [7, 11) is 0. The molecule has 0 radical (unpaired) electrons. The van der Waals surface area contributed by atoms with Crippen LogP contribution in [0.3, 0.4) is 0 Å². The highest BCUT2D eigenvalue weighted by Crippen LogP contribution is 2.25. The molecule has 1 heterocycles. The number of carbonyl (C=O) groups excluding carboxylic acids is 1. The lowest BCUT2D eigenvalue weighted by molar-refractivity contribution is -0.124. The molecule has 0 aliphatic carbocycles. The number of amides is 1. The van der Waals surface area contributed by atoms with Gasteiger partial charge in [0.2, 0.25) is 5.91 Å². The van der Waals surface area contributed by atoms with E-state index in [9.17, 15) is 4.79 Å². The number of nitrogens with one attached hydrogen (secondary N) is 1. The lowest BCUT2D eigenvalue weighted by atomic mass is 10.0. The summed E-state index contributed by atoms with van der Waals surface area (Å²) in [5.74, 6) is -0.406. The summed E-state index contributed by atoms with van der Waals surface area (Å²) < 4.78 is 2.28. The van der Waals surface area contributed by atoms with Gasteiger partial charge in [0, 0.05) is 0 Å². The highest BCUT2D eigenvalue weighted by Gasteiger charge is 2.29. The number of aryl methyl sites for hydroxylation is 1. The lowest BCUT2D eigenvalue weighted by Gasteiger charge is -2.23. The zero-order valence-electron chi connectivity index (χ0n) is 10.1. The van der Waals surface area contributed by atoms with Crippen molar-refractivity contribution in [3.63, 3.8) is 0 Å². The zero-order valence-corrected chi connectivity index (χ0v) is 10.9. The standard InChI is InChI=1S/C12H15N3OS/c1-7-5-4-6-8-9(7)14-11(17)15(8)12(2,3)10(13)16/h4-6H,1-3H3,(H2,13,16)(H,14,17). The van der Waals surface area contributed by atoms with Gasteiger partial charge < -0.3 is 15.3 Å². The van der Waals surface area contributed by atoms with Crippen LogP contribution in [0.4, 0.5) is 0 Å². The Labute approximate surface area is 104 Å². The molecule has 0 atom stereocenters. The first-order valence-corrected chi connectivity index (χ1v) is 5.77. The molecule has 0 aliphatic heterocycles. The normalized spacial score (nSPS) is 11.9. The van der Waals surface area contributed by atoms with Crippen LogP contribution in [0.15, 0.2) is 18.2 Å². The van der Waals surface area contributed by atoms with Crippen LogP contribution in [0, 0.1) is 11.7 Å². The van der Waals surface area contributed by atoms with Crippen molar-refractivity contribution in [2.45, 2.75) is 26.3 Å². The van der Waals surface area contributed by atoms with Gasteiger partial charge in [-0.1, -0.05) is 12.1 Å². The summed E-state index contributed by atoms with van der Waals surface area (Å²) in [4.78, 5) is 14.7. The molecule has 0 spiro atoms. The third kappa shape index (κ3) is 1.67. The largest absolute Gasteiger partial charge is 0.368 e. The first-order chi connectivity index (χ1) is 7.85. The molecule has 3 N–H and O–H groups in total. The number of aromatic amines is 1. The van der Waals surface area contributed by atoms with Crippen molar-refractivity contribution in [3.05, 3.63) is 28.5 Å². The van der Waals surface area contributed by atoms with E-state index in [1.165, 1.54) is 0 Å². The van der Waals surface area contributed by atoms with Crippen LogP contribution in [-0.2, 0) is 10.3 Å². The number of H-pyrrole nitrogens is 1. The number of para-hydroxylation sites is 1. The molecular formula is C12H15N3OS. The van der Waals surface area contributed by atoms with E-state index in [1.54, 1.807) is 18.4 Å². The molecule has 5 heteroatoms. The second-order valence-electron chi connectivity index (χ2n) is 4.66. The maximum Gasteiger partial charge on any atom is 0.243 e. The fourth-order valence-electron chi connectivity index (χ4n) is 1.94. The number of nitrogens with zero attached hydrogens (tertiary/aromatic N) is 1. The summed E-state index contributed by atoms with van der Waals surface area (Å²) >= 11 is 5.28. The number of benzene rings is 1. The van der Waals surface area contributed by atoms with Crippen molar-refractivity contribution in [1.82, 2.24) is 9.55 Å². The third-order valence-corrected chi connectivity index (χ3v) is 3.37. The predicted octanol–water partition coefficient (Wildman–Crippen LogP) is 2.23. The Morgan fingerprint density at radius 1 is 1.47 bits per heavy atom. The van der Waals surface area contributed by atoms with Crippen molar-refractivity contribution < 1.29 is 4.79 Å². The van der Waals surface area contributed by atoms with Gasteiger partial charge in [-0.05, 0) is 44.6 Å². The van der Waals surface area contributed by atoms with E-state index in [0.717, 1.165) is 16.6 Å². The van der Waals surface area contributed by atoms with Crippen LogP contribution < -0.4 is 5.73 Å². The highest BCUT2D eigenvalue weighted by atomic mass is 32.1.